The van der Waals surface area contributed by atoms with Crippen molar-refractivity contribution in [3.8, 4) is 0 Å². The summed E-state index contributed by atoms with van der Waals surface area (Å²) in [7, 11) is 1.37. The van der Waals surface area contributed by atoms with E-state index in [9.17, 15) is 9.90 Å². The summed E-state index contributed by atoms with van der Waals surface area (Å²) in [6, 6.07) is 3.57. The number of aliphatic hydroxyl groups is 1. The van der Waals surface area contributed by atoms with Crippen LogP contribution in [0.5, 0.6) is 0 Å². The number of esters is 1. The van der Waals surface area contributed by atoms with Gasteiger partial charge in [0.15, 0.2) is 0 Å². The van der Waals surface area contributed by atoms with Gasteiger partial charge in [0.05, 0.1) is 26.4 Å². The molecule has 120 valence electrons. The summed E-state index contributed by atoms with van der Waals surface area (Å²) in [5, 5.41) is 14.9. The maximum absolute atomic E-state index is 11.6. The largest absolute Gasteiger partial charge is 0.468 e. The average molecular weight is 315 g/mol. The first-order valence-electron chi connectivity index (χ1n) is 7.12. The van der Waals surface area contributed by atoms with Crippen LogP contribution in [0, 0.1) is 5.92 Å². The number of aliphatic hydroxyl groups excluding tert-OH is 1. The molecule has 1 aromatic heterocycles. The van der Waals surface area contributed by atoms with E-state index in [1.807, 2.05) is 31.4 Å². The van der Waals surface area contributed by atoms with Crippen molar-refractivity contribution in [1.82, 2.24) is 5.32 Å². The molecule has 1 rings (SSSR count). The number of ether oxygens (including phenoxy) is 2. The Morgan fingerprint density at radius 2 is 2.24 bits per heavy atom. The van der Waals surface area contributed by atoms with Gasteiger partial charge < -0.3 is 19.9 Å². The maximum atomic E-state index is 11.6. The van der Waals surface area contributed by atoms with Gasteiger partial charge in [0.2, 0.25) is 0 Å². The third-order valence-corrected chi connectivity index (χ3v) is 3.78. The van der Waals surface area contributed by atoms with Gasteiger partial charge in [0, 0.05) is 11.4 Å². The second-order valence-corrected chi connectivity index (χ2v) is 6.39. The molecule has 1 aromatic rings. The van der Waals surface area contributed by atoms with E-state index in [0.29, 0.717) is 25.5 Å². The number of rotatable bonds is 10. The molecule has 0 aromatic carbocycles. The summed E-state index contributed by atoms with van der Waals surface area (Å²) in [5.41, 5.74) is 0. The van der Waals surface area contributed by atoms with Crippen molar-refractivity contribution in [2.45, 2.75) is 39.0 Å². The minimum absolute atomic E-state index is 0.237. The van der Waals surface area contributed by atoms with Crippen molar-refractivity contribution >= 4 is 17.3 Å². The van der Waals surface area contributed by atoms with E-state index in [1.54, 1.807) is 11.3 Å². The molecule has 0 radical (unpaired) electrons. The molecule has 0 aliphatic carbocycles. The van der Waals surface area contributed by atoms with E-state index >= 15 is 0 Å². The van der Waals surface area contributed by atoms with Crippen LogP contribution in [0.2, 0.25) is 0 Å². The third-order valence-electron chi connectivity index (χ3n) is 2.93. The molecule has 0 saturated carbocycles. The topological polar surface area (TPSA) is 67.8 Å². The normalized spacial score (nSPS) is 14.1. The van der Waals surface area contributed by atoms with E-state index < -0.39 is 6.10 Å². The highest BCUT2D eigenvalue weighted by Gasteiger charge is 2.20. The van der Waals surface area contributed by atoms with Crippen LogP contribution in [0.15, 0.2) is 17.5 Å². The molecule has 5 nitrogen and oxygen atoms in total. The van der Waals surface area contributed by atoms with Gasteiger partial charge in [-0.25, -0.2) is 0 Å². The van der Waals surface area contributed by atoms with Crippen LogP contribution in [0.3, 0.4) is 0 Å². The van der Waals surface area contributed by atoms with Crippen molar-refractivity contribution in [3.63, 3.8) is 0 Å². The monoisotopic (exact) mass is 315 g/mol. The fourth-order valence-electron chi connectivity index (χ4n) is 1.90. The van der Waals surface area contributed by atoms with Crippen molar-refractivity contribution in [1.29, 1.82) is 0 Å². The lowest BCUT2D eigenvalue weighted by molar-refractivity contribution is -0.143. The first kappa shape index (κ1) is 18.1. The molecule has 2 N–H and O–H groups in total. The lowest BCUT2D eigenvalue weighted by Crippen LogP contribution is -2.43. The zero-order chi connectivity index (χ0) is 15.7. The van der Waals surface area contributed by atoms with Crippen LogP contribution < -0.4 is 5.32 Å². The lowest BCUT2D eigenvalue weighted by Gasteiger charge is -2.20. The molecule has 2 unspecified atom stereocenters. The summed E-state index contributed by atoms with van der Waals surface area (Å²) < 4.78 is 10.2. The average Bonchev–Trinajstić information content (AvgIpc) is 2.95. The first-order chi connectivity index (χ1) is 10.0. The second-order valence-electron chi connectivity index (χ2n) is 5.36. The first-order valence-corrected chi connectivity index (χ1v) is 8.00. The number of hydrogen-bond donors (Lipinski definition) is 2. The Hall–Kier alpha value is -0.950. The summed E-state index contributed by atoms with van der Waals surface area (Å²) >= 11 is 1.62. The van der Waals surface area contributed by atoms with Crippen LogP contribution in [-0.2, 0) is 20.9 Å². The summed E-state index contributed by atoms with van der Waals surface area (Å²) in [6.45, 7) is 5.12. The van der Waals surface area contributed by atoms with Crippen LogP contribution >= 0.6 is 11.3 Å². The smallest absolute Gasteiger partial charge is 0.322 e. The number of carbonyl (C=O) groups excluding carboxylic acids is 1. The molecule has 0 saturated heterocycles. The van der Waals surface area contributed by atoms with E-state index in [0.717, 1.165) is 4.88 Å². The Kier molecular flexibility index (Phi) is 8.52. The van der Waals surface area contributed by atoms with Crippen molar-refractivity contribution in [2.75, 3.05) is 20.3 Å². The molecule has 0 bridgehead atoms. The zero-order valence-corrected chi connectivity index (χ0v) is 13.7. The van der Waals surface area contributed by atoms with Crippen LogP contribution in [0.1, 0.15) is 25.1 Å². The third kappa shape index (κ3) is 7.57. The summed E-state index contributed by atoms with van der Waals surface area (Å²) in [4.78, 5) is 12.8. The highest BCUT2D eigenvalue weighted by Crippen LogP contribution is 2.10. The fourth-order valence-corrected chi connectivity index (χ4v) is 2.54. The fraction of sp³-hybridized carbons (Fsp3) is 0.667. The van der Waals surface area contributed by atoms with Gasteiger partial charge in [-0.1, -0.05) is 19.9 Å². The SMILES string of the molecule is COC(=O)C(CC(C)C)NCC(O)COCc1cccs1. The van der Waals surface area contributed by atoms with Crippen LogP contribution in [-0.4, -0.2) is 43.5 Å². The van der Waals surface area contributed by atoms with Gasteiger partial charge in [-0.15, -0.1) is 11.3 Å². The van der Waals surface area contributed by atoms with Crippen molar-refractivity contribution in [2.24, 2.45) is 5.92 Å². The molecule has 0 aliphatic heterocycles. The number of carbonyl (C=O) groups is 1. The molecule has 2 atom stereocenters. The number of thiophene rings is 1. The molecule has 21 heavy (non-hydrogen) atoms. The Labute approximate surface area is 130 Å². The van der Waals surface area contributed by atoms with Gasteiger partial charge in [-0.2, -0.15) is 0 Å². The highest BCUT2D eigenvalue weighted by atomic mass is 32.1. The quantitative estimate of drug-likeness (QED) is 0.645. The zero-order valence-electron chi connectivity index (χ0n) is 12.9. The Bertz CT molecular complexity index is 394. The summed E-state index contributed by atoms with van der Waals surface area (Å²) in [5.74, 6) is 0.0734. The summed E-state index contributed by atoms with van der Waals surface area (Å²) in [6.07, 6.45) is 0.0272. The molecule has 1 heterocycles. The number of nitrogens with one attached hydrogen (secondary N) is 1. The molecule has 0 spiro atoms. The predicted molar refractivity (Wildman–Crippen MR) is 83.2 cm³/mol. The van der Waals surface area contributed by atoms with E-state index in [4.69, 9.17) is 9.47 Å². The van der Waals surface area contributed by atoms with Crippen LogP contribution in [0.4, 0.5) is 0 Å². The predicted octanol–water partition coefficient (Wildman–Crippen LogP) is 1.80. The molecule has 0 aliphatic rings. The van der Waals surface area contributed by atoms with Crippen LogP contribution in [0.25, 0.3) is 0 Å². The van der Waals surface area contributed by atoms with Gasteiger partial charge in [-0.3, -0.25) is 4.79 Å². The highest BCUT2D eigenvalue weighted by molar-refractivity contribution is 7.09. The number of hydrogen-bond acceptors (Lipinski definition) is 6. The minimum atomic E-state index is -0.649. The molecular weight excluding hydrogens is 290 g/mol. The van der Waals surface area contributed by atoms with Gasteiger partial charge >= 0.3 is 5.97 Å². The van der Waals surface area contributed by atoms with E-state index in [2.05, 4.69) is 5.32 Å². The van der Waals surface area contributed by atoms with Gasteiger partial charge in [0.25, 0.3) is 0 Å². The van der Waals surface area contributed by atoms with Gasteiger partial charge in [0.1, 0.15) is 6.04 Å². The number of methoxy groups -OCH3 is 1. The molecule has 0 amide bonds. The maximum Gasteiger partial charge on any atom is 0.322 e. The van der Waals surface area contributed by atoms with Crippen molar-refractivity contribution in [3.05, 3.63) is 22.4 Å². The second kappa shape index (κ2) is 9.89. The molecule has 6 heteroatoms. The van der Waals surface area contributed by atoms with Gasteiger partial charge in [-0.05, 0) is 23.8 Å². The standard InChI is InChI=1S/C15H25NO4S/c1-11(2)7-14(15(18)19-3)16-8-12(17)9-20-10-13-5-4-6-21-13/h4-6,11-12,14,16-17H,7-10H2,1-3H3. The lowest BCUT2D eigenvalue weighted by atomic mass is 10.0. The Morgan fingerprint density at radius 3 is 2.81 bits per heavy atom. The minimum Gasteiger partial charge on any atom is -0.468 e. The molecule has 0 fully saturated rings. The van der Waals surface area contributed by atoms with Crippen molar-refractivity contribution < 1.29 is 19.4 Å². The Morgan fingerprint density at radius 1 is 1.48 bits per heavy atom. The Balaban J connectivity index is 2.25. The van der Waals surface area contributed by atoms with E-state index in [1.165, 1.54) is 7.11 Å². The molecular formula is C15H25NO4S. The van der Waals surface area contributed by atoms with E-state index in [-0.39, 0.29) is 18.6 Å².